The van der Waals surface area contributed by atoms with Crippen LogP contribution in [0.3, 0.4) is 0 Å². The summed E-state index contributed by atoms with van der Waals surface area (Å²) in [6.45, 7) is 6.56. The van der Waals surface area contributed by atoms with Gasteiger partial charge in [-0.2, -0.15) is 29.5 Å². The number of hydrogen-bond donors (Lipinski definition) is 2. The number of nitrogens with one attached hydrogen (secondary N) is 2. The van der Waals surface area contributed by atoms with Crippen molar-refractivity contribution in [2.75, 3.05) is 0 Å². The van der Waals surface area contributed by atoms with Crippen molar-refractivity contribution in [1.82, 2.24) is 9.97 Å². The van der Waals surface area contributed by atoms with Gasteiger partial charge in [-0.1, -0.05) is 40.0 Å². The summed E-state index contributed by atoms with van der Waals surface area (Å²) in [5.74, 6) is 0. The van der Waals surface area contributed by atoms with Crippen LogP contribution in [-0.2, 0) is 58.2 Å². The molecule has 0 aliphatic heterocycles. The normalized spacial score (nSPS) is 8.61. The van der Waals surface area contributed by atoms with Gasteiger partial charge >= 0.3 is 19.5 Å². The van der Waals surface area contributed by atoms with Crippen LogP contribution < -0.4 is 0 Å². The van der Waals surface area contributed by atoms with Crippen LogP contribution in [0.1, 0.15) is 37.6 Å². The Hall–Kier alpha value is -0.193. The maximum Gasteiger partial charge on any atom is 2.00 e. The van der Waals surface area contributed by atoms with E-state index in [4.69, 9.17) is 0 Å². The number of aromatic nitrogens is 2. The molecule has 0 unspecified atom stereocenters. The fraction of sp³-hybridized carbons (Fsp3) is 0.429. The monoisotopic (exact) mass is 420 g/mol. The fourth-order valence-electron chi connectivity index (χ4n) is 1.75. The molecule has 0 aliphatic carbocycles. The topological polar surface area (TPSA) is 31.6 Å². The standard InChI is InChI=1S/C10H16N.C4H4N.2Ru/c1-4-8-7-11-10(6-3)9(8)5-2;1-2-4-5-3-1;;/h11H,4-6H2,1-3H3;1-3,5H;;/q2*-1;;+2. The van der Waals surface area contributed by atoms with E-state index in [9.17, 15) is 0 Å². The van der Waals surface area contributed by atoms with Gasteiger partial charge in [-0.05, 0) is 0 Å². The average molecular weight is 418 g/mol. The van der Waals surface area contributed by atoms with Crippen molar-refractivity contribution in [2.45, 2.75) is 40.0 Å². The molecule has 0 atom stereocenters. The molecule has 2 nitrogen and oxygen atoms in total. The fourth-order valence-corrected chi connectivity index (χ4v) is 1.75. The molecular weight excluding hydrogens is 398 g/mol. The second-order valence-corrected chi connectivity index (χ2v) is 3.56. The molecular formula is C14H20N2Ru2. The summed E-state index contributed by atoms with van der Waals surface area (Å²) in [4.78, 5) is 5.94. The molecule has 0 saturated carbocycles. The van der Waals surface area contributed by atoms with E-state index in [1.54, 1.807) is 0 Å². The zero-order valence-corrected chi connectivity index (χ0v) is 14.5. The minimum Gasteiger partial charge on any atom is -0.484 e. The van der Waals surface area contributed by atoms with Gasteiger partial charge in [0.25, 0.3) is 0 Å². The van der Waals surface area contributed by atoms with Gasteiger partial charge in [0.05, 0.1) is 0 Å². The molecule has 0 amide bonds. The van der Waals surface area contributed by atoms with E-state index in [-0.39, 0.29) is 39.0 Å². The van der Waals surface area contributed by atoms with Crippen LogP contribution >= 0.6 is 0 Å². The molecule has 102 valence electrons. The molecule has 0 radical (unpaired) electrons. The molecule has 4 heteroatoms. The van der Waals surface area contributed by atoms with Gasteiger partial charge in [0.15, 0.2) is 0 Å². The van der Waals surface area contributed by atoms with Gasteiger partial charge < -0.3 is 9.97 Å². The summed E-state index contributed by atoms with van der Waals surface area (Å²) in [6, 6.07) is 3.71. The molecule has 0 aromatic carbocycles. The molecule has 2 heterocycles. The first-order valence-electron chi connectivity index (χ1n) is 5.93. The van der Waals surface area contributed by atoms with Gasteiger partial charge in [-0.15, -0.1) is 18.1 Å². The molecule has 2 aromatic heterocycles. The van der Waals surface area contributed by atoms with Gasteiger partial charge in [-0.25, -0.2) is 0 Å². The minimum atomic E-state index is 0. The van der Waals surface area contributed by atoms with Crippen LogP contribution in [0, 0.1) is 12.4 Å². The van der Waals surface area contributed by atoms with Crippen LogP contribution in [0.2, 0.25) is 0 Å². The quantitative estimate of drug-likeness (QED) is 0.566. The second-order valence-electron chi connectivity index (χ2n) is 3.56. The molecule has 0 spiro atoms. The Kier molecular flexibility index (Phi) is 13.3. The van der Waals surface area contributed by atoms with E-state index in [0.29, 0.717) is 0 Å². The van der Waals surface area contributed by atoms with Gasteiger partial charge in [0.2, 0.25) is 0 Å². The maximum absolute atomic E-state index is 3.20. The van der Waals surface area contributed by atoms with Gasteiger partial charge in [0, 0.05) is 19.5 Å². The predicted molar refractivity (Wildman–Crippen MR) is 67.4 cm³/mol. The first kappa shape index (κ1) is 20.1. The number of aromatic amines is 2. The van der Waals surface area contributed by atoms with Gasteiger partial charge in [-0.3, -0.25) is 0 Å². The first-order chi connectivity index (χ1) is 7.83. The smallest absolute Gasteiger partial charge is 0.484 e. The molecule has 2 N–H and O–H groups in total. The Morgan fingerprint density at radius 2 is 1.83 bits per heavy atom. The summed E-state index contributed by atoms with van der Waals surface area (Å²) in [6.07, 6.45) is 11.1. The van der Waals surface area contributed by atoms with E-state index < -0.39 is 0 Å². The number of rotatable bonds is 3. The van der Waals surface area contributed by atoms with Crippen LogP contribution in [0.15, 0.2) is 18.3 Å². The number of hydrogen-bond acceptors (Lipinski definition) is 0. The largest absolute Gasteiger partial charge is 2.00 e. The van der Waals surface area contributed by atoms with Crippen molar-refractivity contribution in [1.29, 1.82) is 0 Å². The molecule has 2 aromatic rings. The maximum atomic E-state index is 3.20. The van der Waals surface area contributed by atoms with Crippen molar-refractivity contribution < 1.29 is 39.0 Å². The Bertz CT molecular complexity index is 342. The molecule has 0 fully saturated rings. The Morgan fingerprint density at radius 3 is 2.17 bits per heavy atom. The van der Waals surface area contributed by atoms with Crippen molar-refractivity contribution in [3.63, 3.8) is 0 Å². The van der Waals surface area contributed by atoms with Crippen molar-refractivity contribution in [3.8, 4) is 0 Å². The van der Waals surface area contributed by atoms with Gasteiger partial charge in [0.1, 0.15) is 0 Å². The van der Waals surface area contributed by atoms with Crippen molar-refractivity contribution in [2.24, 2.45) is 0 Å². The van der Waals surface area contributed by atoms with Crippen LogP contribution in [0.25, 0.3) is 0 Å². The van der Waals surface area contributed by atoms with E-state index >= 15 is 0 Å². The van der Waals surface area contributed by atoms with Crippen LogP contribution in [0.5, 0.6) is 0 Å². The average Bonchev–Trinajstić information content (AvgIpc) is 3.00. The van der Waals surface area contributed by atoms with E-state index in [0.717, 1.165) is 19.3 Å². The first-order valence-corrected chi connectivity index (χ1v) is 5.93. The molecule has 0 bridgehead atoms. The van der Waals surface area contributed by atoms with E-state index in [1.807, 2.05) is 18.3 Å². The predicted octanol–water partition coefficient (Wildman–Crippen LogP) is 3.31. The Balaban J connectivity index is 0. The third-order valence-electron chi connectivity index (χ3n) is 2.60. The third kappa shape index (κ3) is 6.11. The third-order valence-corrected chi connectivity index (χ3v) is 2.60. The number of aryl methyl sites for hydroxylation is 2. The SMILES string of the molecule is CCc1[c-][nH]c(CC)c1CC.[Ru+2].[Ru].[c-]1ccc[nH]1. The summed E-state index contributed by atoms with van der Waals surface area (Å²) in [5.41, 5.74) is 4.21. The summed E-state index contributed by atoms with van der Waals surface area (Å²) in [5, 5.41) is 0. The molecule has 0 saturated heterocycles. The van der Waals surface area contributed by atoms with E-state index in [2.05, 4.69) is 43.1 Å². The summed E-state index contributed by atoms with van der Waals surface area (Å²) >= 11 is 0. The zero-order valence-electron chi connectivity index (χ0n) is 11.1. The summed E-state index contributed by atoms with van der Waals surface area (Å²) in [7, 11) is 0. The van der Waals surface area contributed by atoms with Crippen LogP contribution in [-0.4, -0.2) is 9.97 Å². The second kappa shape index (κ2) is 11.9. The molecule has 2 rings (SSSR count). The van der Waals surface area contributed by atoms with Crippen molar-refractivity contribution >= 4 is 0 Å². The van der Waals surface area contributed by atoms with Crippen LogP contribution in [0.4, 0.5) is 0 Å². The van der Waals surface area contributed by atoms with Crippen molar-refractivity contribution in [3.05, 3.63) is 47.5 Å². The van der Waals surface area contributed by atoms with E-state index in [1.165, 1.54) is 16.8 Å². The number of H-pyrrole nitrogens is 2. The summed E-state index contributed by atoms with van der Waals surface area (Å²) < 4.78 is 0. The Morgan fingerprint density at radius 1 is 1.11 bits per heavy atom. The molecule has 18 heavy (non-hydrogen) atoms. The molecule has 0 aliphatic rings. The Labute approximate surface area is 136 Å². The minimum absolute atomic E-state index is 0. The zero-order chi connectivity index (χ0) is 11.8.